The van der Waals surface area contributed by atoms with E-state index in [9.17, 15) is 9.59 Å². The number of nitrogens with zero attached hydrogens (tertiary/aromatic N) is 1. The predicted octanol–water partition coefficient (Wildman–Crippen LogP) is 1.67. The Balaban J connectivity index is 2.54. The molecule has 0 aromatic carbocycles. The lowest BCUT2D eigenvalue weighted by Crippen LogP contribution is -2.42. The Bertz CT molecular complexity index is 436. The Morgan fingerprint density at radius 3 is 2.74 bits per heavy atom. The zero-order valence-corrected chi connectivity index (χ0v) is 11.6. The maximum Gasteiger partial charge on any atom is 0.247 e. The molecule has 1 aromatic heterocycles. The average molecular weight is 264 g/mol. The van der Waals surface area contributed by atoms with E-state index >= 15 is 0 Å². The summed E-state index contributed by atoms with van der Waals surface area (Å²) in [4.78, 5) is 25.0. The molecular weight excluding hydrogens is 244 g/mol. The number of carbonyl (C=O) groups is 2. The van der Waals surface area contributed by atoms with Gasteiger partial charge in [-0.15, -0.1) is 0 Å². The van der Waals surface area contributed by atoms with Gasteiger partial charge >= 0.3 is 0 Å². The Kier molecular flexibility index (Phi) is 5.85. The second-order valence-electron chi connectivity index (χ2n) is 4.42. The second kappa shape index (κ2) is 7.41. The fraction of sp³-hybridized carbons (Fsp3) is 0.429. The molecule has 1 N–H and O–H groups in total. The number of nitrogens with one attached hydrogen (secondary N) is 1. The molecule has 5 heteroatoms. The van der Waals surface area contributed by atoms with Gasteiger partial charge in [-0.05, 0) is 39.0 Å². The number of carbonyl (C=O) groups excluding carboxylic acids is 2. The molecule has 0 atom stereocenters. The van der Waals surface area contributed by atoms with Gasteiger partial charge in [0.05, 0.1) is 12.8 Å². The fourth-order valence-corrected chi connectivity index (χ4v) is 1.53. The highest BCUT2D eigenvalue weighted by Crippen LogP contribution is 2.03. The van der Waals surface area contributed by atoms with E-state index in [1.54, 1.807) is 18.2 Å². The molecule has 1 heterocycles. The van der Waals surface area contributed by atoms with Gasteiger partial charge in [0.1, 0.15) is 5.76 Å². The minimum atomic E-state index is -0.210. The van der Waals surface area contributed by atoms with Crippen LogP contribution in [0.4, 0.5) is 0 Å². The van der Waals surface area contributed by atoms with Crippen LogP contribution in [-0.2, 0) is 9.59 Å². The van der Waals surface area contributed by atoms with Gasteiger partial charge in [-0.25, -0.2) is 0 Å². The minimum absolute atomic E-state index is 0.0655. The average Bonchev–Trinajstić information content (AvgIpc) is 2.85. The monoisotopic (exact) mass is 264 g/mol. The molecule has 19 heavy (non-hydrogen) atoms. The third kappa shape index (κ3) is 5.42. The normalized spacial score (nSPS) is 10.9. The van der Waals surface area contributed by atoms with Crippen LogP contribution in [0.2, 0.25) is 0 Å². The van der Waals surface area contributed by atoms with E-state index in [-0.39, 0.29) is 24.4 Å². The first-order chi connectivity index (χ1) is 9.02. The van der Waals surface area contributed by atoms with Crippen LogP contribution in [0.5, 0.6) is 0 Å². The summed E-state index contributed by atoms with van der Waals surface area (Å²) in [5, 5.41) is 2.76. The molecule has 2 amide bonds. The van der Waals surface area contributed by atoms with Crippen LogP contribution >= 0.6 is 0 Å². The van der Waals surface area contributed by atoms with E-state index in [1.807, 2.05) is 20.8 Å². The van der Waals surface area contributed by atoms with Gasteiger partial charge in [0, 0.05) is 18.7 Å². The van der Waals surface area contributed by atoms with Gasteiger partial charge in [0.25, 0.3) is 0 Å². The summed E-state index contributed by atoms with van der Waals surface area (Å²) < 4.78 is 5.09. The zero-order valence-electron chi connectivity index (χ0n) is 11.6. The summed E-state index contributed by atoms with van der Waals surface area (Å²) in [6, 6.07) is 3.57. The van der Waals surface area contributed by atoms with E-state index in [0.29, 0.717) is 12.3 Å². The van der Waals surface area contributed by atoms with Gasteiger partial charge in [-0.1, -0.05) is 0 Å². The van der Waals surface area contributed by atoms with E-state index in [2.05, 4.69) is 5.32 Å². The molecule has 1 aromatic rings. The van der Waals surface area contributed by atoms with Crippen molar-refractivity contribution in [2.24, 2.45) is 0 Å². The summed E-state index contributed by atoms with van der Waals surface area (Å²) in [7, 11) is 0. The summed E-state index contributed by atoms with van der Waals surface area (Å²) >= 11 is 0. The minimum Gasteiger partial charge on any atom is -0.465 e. The van der Waals surface area contributed by atoms with Crippen molar-refractivity contribution in [1.82, 2.24) is 10.2 Å². The van der Waals surface area contributed by atoms with E-state index in [0.717, 1.165) is 0 Å². The number of amides is 2. The zero-order chi connectivity index (χ0) is 14.3. The Labute approximate surface area is 113 Å². The lowest BCUT2D eigenvalue weighted by atomic mass is 10.3. The molecule has 0 radical (unpaired) electrons. The largest absolute Gasteiger partial charge is 0.465 e. The molecule has 0 aliphatic carbocycles. The van der Waals surface area contributed by atoms with Crippen molar-refractivity contribution in [3.63, 3.8) is 0 Å². The van der Waals surface area contributed by atoms with E-state index < -0.39 is 0 Å². The van der Waals surface area contributed by atoms with E-state index in [4.69, 9.17) is 4.42 Å². The summed E-state index contributed by atoms with van der Waals surface area (Å²) in [5.74, 6) is 0.241. The molecule has 104 valence electrons. The van der Waals surface area contributed by atoms with Gasteiger partial charge in [-0.2, -0.15) is 0 Å². The van der Waals surface area contributed by atoms with Crippen molar-refractivity contribution in [2.45, 2.75) is 26.8 Å². The summed E-state index contributed by atoms with van der Waals surface area (Å²) in [6.45, 7) is 6.14. The van der Waals surface area contributed by atoms with Crippen LogP contribution in [0, 0.1) is 0 Å². The van der Waals surface area contributed by atoms with Crippen molar-refractivity contribution < 1.29 is 14.0 Å². The van der Waals surface area contributed by atoms with Crippen molar-refractivity contribution in [1.29, 1.82) is 0 Å². The van der Waals surface area contributed by atoms with Crippen molar-refractivity contribution >= 4 is 17.9 Å². The molecule has 0 aliphatic heterocycles. The predicted molar refractivity (Wildman–Crippen MR) is 73.3 cm³/mol. The Morgan fingerprint density at radius 2 is 2.21 bits per heavy atom. The highest BCUT2D eigenvalue weighted by atomic mass is 16.3. The molecule has 0 bridgehead atoms. The van der Waals surface area contributed by atoms with Crippen molar-refractivity contribution in [3.8, 4) is 0 Å². The van der Waals surface area contributed by atoms with E-state index in [1.165, 1.54) is 17.2 Å². The van der Waals surface area contributed by atoms with Crippen LogP contribution in [0.1, 0.15) is 26.5 Å². The standard InChI is InChI=1S/C14H20N2O3/c1-4-16(10-13(17)15-11(2)3)14(18)8-7-12-6-5-9-19-12/h5-9,11H,4,10H2,1-3H3,(H,15,17). The third-order valence-electron chi connectivity index (χ3n) is 2.41. The van der Waals surface area contributed by atoms with Crippen LogP contribution < -0.4 is 5.32 Å². The maximum absolute atomic E-state index is 11.9. The third-order valence-corrected chi connectivity index (χ3v) is 2.41. The van der Waals surface area contributed by atoms with Gasteiger partial charge in [0.15, 0.2) is 0 Å². The number of hydrogen-bond acceptors (Lipinski definition) is 3. The molecule has 1 rings (SSSR count). The number of furan rings is 1. The molecule has 0 aliphatic rings. The molecule has 0 fully saturated rings. The SMILES string of the molecule is CCN(CC(=O)NC(C)C)C(=O)C=Cc1ccco1. The Morgan fingerprint density at radius 1 is 1.47 bits per heavy atom. The van der Waals surface area contributed by atoms with Crippen LogP contribution in [0.15, 0.2) is 28.9 Å². The van der Waals surface area contributed by atoms with Crippen molar-refractivity contribution in [3.05, 3.63) is 30.2 Å². The molecule has 0 unspecified atom stereocenters. The highest BCUT2D eigenvalue weighted by molar-refractivity contribution is 5.94. The lowest BCUT2D eigenvalue weighted by Gasteiger charge is -2.19. The molecule has 0 spiro atoms. The van der Waals surface area contributed by atoms with Crippen molar-refractivity contribution in [2.75, 3.05) is 13.1 Å². The first kappa shape index (κ1) is 15.0. The molecule has 0 saturated heterocycles. The van der Waals surface area contributed by atoms with Gasteiger partial charge in [0.2, 0.25) is 11.8 Å². The lowest BCUT2D eigenvalue weighted by molar-refractivity contribution is -0.132. The summed E-state index contributed by atoms with van der Waals surface area (Å²) in [5.41, 5.74) is 0. The fourth-order valence-electron chi connectivity index (χ4n) is 1.53. The molecule has 5 nitrogen and oxygen atoms in total. The van der Waals surface area contributed by atoms with Crippen LogP contribution in [0.3, 0.4) is 0 Å². The highest BCUT2D eigenvalue weighted by Gasteiger charge is 2.13. The molecule has 0 saturated carbocycles. The van der Waals surface area contributed by atoms with Gasteiger partial charge in [-0.3, -0.25) is 9.59 Å². The first-order valence-electron chi connectivity index (χ1n) is 6.32. The maximum atomic E-state index is 11.9. The second-order valence-corrected chi connectivity index (χ2v) is 4.42. The van der Waals surface area contributed by atoms with Crippen LogP contribution in [-0.4, -0.2) is 35.8 Å². The first-order valence-corrected chi connectivity index (χ1v) is 6.32. The summed E-state index contributed by atoms with van der Waals surface area (Å²) in [6.07, 6.45) is 4.54. The Hall–Kier alpha value is -2.04. The topological polar surface area (TPSA) is 62.6 Å². The van der Waals surface area contributed by atoms with Gasteiger partial charge < -0.3 is 14.6 Å². The smallest absolute Gasteiger partial charge is 0.247 e. The molecular formula is C14H20N2O3. The number of likely N-dealkylation sites (N-methyl/N-ethyl adjacent to an activating group) is 1. The number of rotatable bonds is 6. The quantitative estimate of drug-likeness (QED) is 0.795. The van der Waals surface area contributed by atoms with Crippen LogP contribution in [0.25, 0.3) is 6.08 Å². The number of hydrogen-bond donors (Lipinski definition) is 1.